The molecule has 8 heteroatoms. The maximum atomic E-state index is 12.1. The van der Waals surface area contributed by atoms with Crippen LogP contribution in [0.2, 0.25) is 0 Å². The van der Waals surface area contributed by atoms with Crippen LogP contribution < -0.4 is 14.8 Å². The molecule has 0 unspecified atom stereocenters. The fourth-order valence-electron chi connectivity index (χ4n) is 2.21. The summed E-state index contributed by atoms with van der Waals surface area (Å²) in [4.78, 5) is 23.6. The number of carbonyl (C=O) groups excluding carboxylic acids is 1. The summed E-state index contributed by atoms with van der Waals surface area (Å²) in [6.07, 6.45) is 0.995. The lowest BCUT2D eigenvalue weighted by molar-refractivity contribution is -0.384. The Hall–Kier alpha value is -2.74. The summed E-state index contributed by atoms with van der Waals surface area (Å²) >= 11 is 1.65. The molecule has 7 nitrogen and oxygen atoms in total. The molecular formula is C18H20N2O5S. The van der Waals surface area contributed by atoms with Gasteiger partial charge in [0.25, 0.3) is 5.69 Å². The first-order chi connectivity index (χ1) is 12.5. The highest BCUT2D eigenvalue weighted by Crippen LogP contribution is 2.29. The van der Waals surface area contributed by atoms with Gasteiger partial charge in [-0.3, -0.25) is 14.9 Å². The molecule has 0 spiro atoms. The third kappa shape index (κ3) is 5.66. The third-order valence-electron chi connectivity index (χ3n) is 3.54. The quantitative estimate of drug-likeness (QED) is 0.306. The third-order valence-corrected chi connectivity index (χ3v) is 4.64. The Morgan fingerprint density at radius 2 is 1.88 bits per heavy atom. The van der Waals surface area contributed by atoms with Gasteiger partial charge in [-0.25, -0.2) is 0 Å². The number of thioether (sulfide) groups is 1. The number of hydrogen-bond acceptors (Lipinski definition) is 6. The molecule has 0 aliphatic heterocycles. The molecule has 0 radical (unpaired) electrons. The summed E-state index contributed by atoms with van der Waals surface area (Å²) in [6.45, 7) is 0. The van der Waals surface area contributed by atoms with Crippen molar-refractivity contribution in [3.05, 3.63) is 52.6 Å². The number of nitro groups is 1. The van der Waals surface area contributed by atoms with E-state index in [9.17, 15) is 14.9 Å². The molecule has 0 aromatic heterocycles. The second kappa shape index (κ2) is 9.67. The number of ether oxygens (including phenoxy) is 2. The van der Waals surface area contributed by atoms with Crippen molar-refractivity contribution in [1.82, 2.24) is 0 Å². The van der Waals surface area contributed by atoms with E-state index in [-0.39, 0.29) is 11.6 Å². The maximum Gasteiger partial charge on any atom is 0.271 e. The zero-order valence-corrected chi connectivity index (χ0v) is 15.4. The fourth-order valence-corrected chi connectivity index (χ4v) is 3.07. The molecule has 26 heavy (non-hydrogen) atoms. The number of anilines is 1. The van der Waals surface area contributed by atoms with Crippen molar-refractivity contribution in [3.63, 3.8) is 0 Å². The van der Waals surface area contributed by atoms with Gasteiger partial charge in [-0.1, -0.05) is 0 Å². The lowest BCUT2D eigenvalue weighted by Gasteiger charge is -2.10. The van der Waals surface area contributed by atoms with Gasteiger partial charge in [0.05, 0.1) is 24.8 Å². The van der Waals surface area contributed by atoms with Gasteiger partial charge in [0, 0.05) is 23.4 Å². The molecule has 0 heterocycles. The van der Waals surface area contributed by atoms with Crippen LogP contribution in [0.15, 0.2) is 47.4 Å². The standard InChI is InChI=1S/C18H20N2O5S/c1-24-14-6-8-15(9-7-14)26-11-3-4-18(21)19-16-12-13(20(22)23)5-10-17(16)25-2/h5-10,12H,3-4,11H2,1-2H3,(H,19,21). The smallest absolute Gasteiger partial charge is 0.271 e. The monoisotopic (exact) mass is 376 g/mol. The Kier molecular flexibility index (Phi) is 7.28. The minimum absolute atomic E-state index is 0.101. The highest BCUT2D eigenvalue weighted by molar-refractivity contribution is 7.99. The minimum Gasteiger partial charge on any atom is -0.497 e. The summed E-state index contributed by atoms with van der Waals surface area (Å²) in [6, 6.07) is 11.8. The normalized spacial score (nSPS) is 10.2. The Morgan fingerprint density at radius 3 is 2.50 bits per heavy atom. The SMILES string of the molecule is COc1ccc(SCCCC(=O)Nc2cc([N+](=O)[O-])ccc2OC)cc1. The van der Waals surface area contributed by atoms with Gasteiger partial charge in [0.1, 0.15) is 11.5 Å². The van der Waals surface area contributed by atoms with E-state index in [0.29, 0.717) is 24.3 Å². The molecule has 0 saturated heterocycles. The molecule has 138 valence electrons. The van der Waals surface area contributed by atoms with Gasteiger partial charge < -0.3 is 14.8 Å². The summed E-state index contributed by atoms with van der Waals surface area (Å²) in [5.41, 5.74) is 0.200. The van der Waals surface area contributed by atoms with Gasteiger partial charge in [-0.05, 0) is 42.5 Å². The molecule has 2 rings (SSSR count). The van der Waals surface area contributed by atoms with Crippen molar-refractivity contribution in [1.29, 1.82) is 0 Å². The Balaban J connectivity index is 1.82. The molecule has 1 N–H and O–H groups in total. The van der Waals surface area contributed by atoms with Crippen LogP contribution in [0.25, 0.3) is 0 Å². The van der Waals surface area contributed by atoms with Crippen molar-refractivity contribution in [2.45, 2.75) is 17.7 Å². The molecule has 2 aromatic rings. The molecule has 0 fully saturated rings. The van der Waals surface area contributed by atoms with Crippen molar-refractivity contribution in [3.8, 4) is 11.5 Å². The first kappa shape index (κ1) is 19.6. The zero-order valence-electron chi connectivity index (χ0n) is 14.6. The van der Waals surface area contributed by atoms with Crippen molar-refractivity contribution >= 4 is 29.0 Å². The topological polar surface area (TPSA) is 90.7 Å². The number of hydrogen-bond donors (Lipinski definition) is 1. The molecule has 1 amide bonds. The average Bonchev–Trinajstić information content (AvgIpc) is 2.65. The van der Waals surface area contributed by atoms with E-state index < -0.39 is 4.92 Å². The molecule has 0 saturated carbocycles. The first-order valence-electron chi connectivity index (χ1n) is 7.92. The molecule has 0 atom stereocenters. The van der Waals surface area contributed by atoms with Crippen LogP contribution in [0.4, 0.5) is 11.4 Å². The van der Waals surface area contributed by atoms with E-state index in [2.05, 4.69) is 5.32 Å². The van der Waals surface area contributed by atoms with Crippen molar-refractivity contribution in [2.75, 3.05) is 25.3 Å². The van der Waals surface area contributed by atoms with Crippen LogP contribution in [0.1, 0.15) is 12.8 Å². The van der Waals surface area contributed by atoms with Crippen LogP contribution >= 0.6 is 11.8 Å². The van der Waals surface area contributed by atoms with E-state index >= 15 is 0 Å². The predicted octanol–water partition coefficient (Wildman–Crippen LogP) is 4.12. The second-order valence-corrected chi connectivity index (χ2v) is 6.49. The van der Waals surface area contributed by atoms with Gasteiger partial charge >= 0.3 is 0 Å². The predicted molar refractivity (Wildman–Crippen MR) is 101 cm³/mol. The number of carbonyl (C=O) groups is 1. The van der Waals surface area contributed by atoms with E-state index in [1.807, 2.05) is 24.3 Å². The maximum absolute atomic E-state index is 12.1. The number of nitrogens with one attached hydrogen (secondary N) is 1. The number of methoxy groups -OCH3 is 2. The lowest BCUT2D eigenvalue weighted by Crippen LogP contribution is -2.12. The second-order valence-electron chi connectivity index (χ2n) is 5.32. The summed E-state index contributed by atoms with van der Waals surface area (Å²) in [7, 11) is 3.07. The van der Waals surface area contributed by atoms with Crippen molar-refractivity contribution < 1.29 is 19.2 Å². The van der Waals surface area contributed by atoms with E-state index in [1.54, 1.807) is 18.9 Å². The number of rotatable bonds is 9. The van der Waals surface area contributed by atoms with E-state index in [0.717, 1.165) is 16.4 Å². The Labute approximate surface area is 155 Å². The van der Waals surface area contributed by atoms with Crippen LogP contribution in [-0.2, 0) is 4.79 Å². The zero-order chi connectivity index (χ0) is 18.9. The van der Waals surface area contributed by atoms with Crippen LogP contribution in [-0.4, -0.2) is 30.8 Å². The fraction of sp³-hybridized carbons (Fsp3) is 0.278. The summed E-state index contributed by atoms with van der Waals surface area (Å²) in [5, 5.41) is 13.5. The number of non-ortho nitro benzene ring substituents is 1. The lowest BCUT2D eigenvalue weighted by atomic mass is 10.2. The van der Waals surface area contributed by atoms with Gasteiger partial charge in [0.2, 0.25) is 5.91 Å². The molecular weight excluding hydrogens is 356 g/mol. The van der Waals surface area contributed by atoms with Crippen molar-refractivity contribution in [2.24, 2.45) is 0 Å². The largest absolute Gasteiger partial charge is 0.497 e. The van der Waals surface area contributed by atoms with E-state index in [4.69, 9.17) is 9.47 Å². The van der Waals surface area contributed by atoms with Gasteiger partial charge in [0.15, 0.2) is 0 Å². The van der Waals surface area contributed by atoms with Crippen LogP contribution in [0, 0.1) is 10.1 Å². The van der Waals surface area contributed by atoms with Crippen LogP contribution in [0.3, 0.4) is 0 Å². The highest BCUT2D eigenvalue weighted by atomic mass is 32.2. The number of benzene rings is 2. The Morgan fingerprint density at radius 1 is 1.15 bits per heavy atom. The first-order valence-corrected chi connectivity index (χ1v) is 8.91. The summed E-state index contributed by atoms with van der Waals surface area (Å²) < 4.78 is 10.2. The number of amides is 1. The van der Waals surface area contributed by atoms with Crippen LogP contribution in [0.5, 0.6) is 11.5 Å². The Bertz CT molecular complexity index is 765. The number of nitrogens with zero attached hydrogens (tertiary/aromatic N) is 1. The molecule has 0 aliphatic carbocycles. The van der Waals surface area contributed by atoms with E-state index in [1.165, 1.54) is 25.3 Å². The van der Waals surface area contributed by atoms with Gasteiger partial charge in [-0.15, -0.1) is 11.8 Å². The average molecular weight is 376 g/mol. The molecule has 0 bridgehead atoms. The molecule has 2 aromatic carbocycles. The molecule has 0 aliphatic rings. The number of nitro benzene ring substituents is 1. The van der Waals surface area contributed by atoms with Gasteiger partial charge in [-0.2, -0.15) is 0 Å². The minimum atomic E-state index is -0.513. The highest BCUT2D eigenvalue weighted by Gasteiger charge is 2.13. The summed E-state index contributed by atoms with van der Waals surface area (Å²) in [5.74, 6) is 1.77.